The van der Waals surface area contributed by atoms with Crippen LogP contribution < -0.4 is 0 Å². The van der Waals surface area contributed by atoms with Crippen molar-refractivity contribution >= 4 is 42.5 Å². The van der Waals surface area contributed by atoms with Crippen LogP contribution in [0.3, 0.4) is 0 Å². The van der Waals surface area contributed by atoms with Crippen LogP contribution in [-0.2, 0) is 0 Å². The van der Waals surface area contributed by atoms with Crippen LogP contribution in [0, 0.1) is 0 Å². The van der Waals surface area contributed by atoms with Gasteiger partial charge in [0.05, 0.1) is 27.1 Å². The Labute approximate surface area is 276 Å². The van der Waals surface area contributed by atoms with E-state index in [-0.39, 0.29) is 0 Å². The summed E-state index contributed by atoms with van der Waals surface area (Å²) in [6.45, 7) is 0. The number of para-hydroxylation sites is 1. The van der Waals surface area contributed by atoms with Crippen molar-refractivity contribution < 1.29 is 0 Å². The third kappa shape index (κ3) is 4.96. The lowest BCUT2D eigenvalue weighted by molar-refractivity contribution is 1.18. The first-order valence-electron chi connectivity index (χ1n) is 15.7. The van der Waals surface area contributed by atoms with E-state index in [0.29, 0.717) is 5.82 Å². The van der Waals surface area contributed by atoms with Crippen molar-refractivity contribution in [2.45, 2.75) is 0 Å². The van der Waals surface area contributed by atoms with E-state index in [1.807, 2.05) is 12.1 Å². The highest BCUT2D eigenvalue weighted by Crippen LogP contribution is 2.43. The average Bonchev–Trinajstić information content (AvgIpc) is 3.52. The van der Waals surface area contributed by atoms with Crippen molar-refractivity contribution in [2.24, 2.45) is 0 Å². The molecule has 0 bridgehead atoms. The lowest BCUT2D eigenvalue weighted by Crippen LogP contribution is -1.96. The Kier molecular flexibility index (Phi) is 6.65. The first kappa shape index (κ1) is 27.3. The molecule has 0 aliphatic carbocycles. The van der Waals surface area contributed by atoms with Gasteiger partial charge in [0, 0.05) is 37.7 Å². The lowest BCUT2D eigenvalue weighted by atomic mass is 9.97. The van der Waals surface area contributed by atoms with E-state index in [9.17, 15) is 0 Å². The normalized spacial score (nSPS) is 11.4. The molecule has 0 saturated carbocycles. The number of rotatable bonds is 5. The van der Waals surface area contributed by atoms with Gasteiger partial charge in [-0.05, 0) is 47.0 Å². The van der Waals surface area contributed by atoms with E-state index in [0.717, 1.165) is 55.6 Å². The molecule has 0 N–H and O–H groups in total. The van der Waals surface area contributed by atoms with Gasteiger partial charge >= 0.3 is 0 Å². The largest absolute Gasteiger partial charge is 0.246 e. The summed E-state index contributed by atoms with van der Waals surface area (Å²) >= 11 is 1.80. The third-order valence-electron chi connectivity index (χ3n) is 8.67. The summed E-state index contributed by atoms with van der Waals surface area (Å²) in [7, 11) is 0. The van der Waals surface area contributed by atoms with E-state index in [4.69, 9.17) is 15.0 Å². The molecule has 0 radical (unpaired) electrons. The van der Waals surface area contributed by atoms with Crippen molar-refractivity contribution in [3.63, 3.8) is 0 Å². The predicted octanol–water partition coefficient (Wildman–Crippen LogP) is 11.7. The zero-order valence-corrected chi connectivity index (χ0v) is 26.2. The zero-order chi connectivity index (χ0) is 31.2. The van der Waals surface area contributed by atoms with Crippen LogP contribution in [0.2, 0.25) is 0 Å². The average molecular weight is 618 g/mol. The van der Waals surface area contributed by atoms with Crippen molar-refractivity contribution in [3.05, 3.63) is 164 Å². The summed E-state index contributed by atoms with van der Waals surface area (Å²) in [6.07, 6.45) is 0. The number of thiophene rings is 1. The molecule has 220 valence electrons. The predicted molar refractivity (Wildman–Crippen MR) is 197 cm³/mol. The fourth-order valence-corrected chi connectivity index (χ4v) is 7.63. The number of hydrogen-bond acceptors (Lipinski definition) is 4. The molecule has 0 unspecified atom stereocenters. The molecule has 9 aromatic rings. The SMILES string of the molecule is c1ccc(-c2cccc(-c3cc(-c4ccccc4)nc(-c4cccc(-c5c6ccccc6nc6c5sc5ccccc56)c4)n3)c2)cc1. The monoisotopic (exact) mass is 617 g/mol. The topological polar surface area (TPSA) is 38.7 Å². The van der Waals surface area contributed by atoms with Crippen LogP contribution in [0.5, 0.6) is 0 Å². The number of pyridine rings is 1. The Morgan fingerprint density at radius 1 is 0.383 bits per heavy atom. The molecule has 6 aromatic carbocycles. The molecule has 4 heteroatoms. The molecule has 3 aromatic heterocycles. The van der Waals surface area contributed by atoms with Gasteiger partial charge in [-0.15, -0.1) is 11.3 Å². The summed E-state index contributed by atoms with van der Waals surface area (Å²) in [6, 6.07) is 57.2. The molecule has 0 atom stereocenters. The number of hydrogen-bond donors (Lipinski definition) is 0. The van der Waals surface area contributed by atoms with Crippen molar-refractivity contribution in [2.75, 3.05) is 0 Å². The highest BCUT2D eigenvalue weighted by molar-refractivity contribution is 7.26. The second-order valence-electron chi connectivity index (χ2n) is 11.6. The number of fused-ring (bicyclic) bond motifs is 4. The standard InChI is InChI=1S/C43H27N3S/c1-3-13-28(14-4-1)30-17-11-18-31(25-30)38-27-37(29-15-5-2-6-16-29)45-43(46-38)33-20-12-19-32(26-33)40-34-21-7-9-23-36(34)44-41-35-22-8-10-24-39(35)47-42(40)41/h1-27H. The van der Waals surface area contributed by atoms with Crippen LogP contribution in [0.15, 0.2) is 164 Å². The summed E-state index contributed by atoms with van der Waals surface area (Å²) < 4.78 is 2.43. The minimum Gasteiger partial charge on any atom is -0.246 e. The van der Waals surface area contributed by atoms with E-state index >= 15 is 0 Å². The third-order valence-corrected chi connectivity index (χ3v) is 9.85. The van der Waals surface area contributed by atoms with Gasteiger partial charge < -0.3 is 0 Å². The summed E-state index contributed by atoms with van der Waals surface area (Å²) in [4.78, 5) is 15.5. The van der Waals surface area contributed by atoms with Gasteiger partial charge in [0.1, 0.15) is 0 Å². The second-order valence-corrected chi connectivity index (χ2v) is 12.7. The minimum atomic E-state index is 0.694. The molecule has 9 rings (SSSR count). The van der Waals surface area contributed by atoms with Gasteiger partial charge in [-0.1, -0.05) is 133 Å². The molecule has 47 heavy (non-hydrogen) atoms. The van der Waals surface area contributed by atoms with Gasteiger partial charge in [-0.2, -0.15) is 0 Å². The Morgan fingerprint density at radius 3 is 1.77 bits per heavy atom. The van der Waals surface area contributed by atoms with E-state index < -0.39 is 0 Å². The van der Waals surface area contributed by atoms with Gasteiger partial charge in [0.15, 0.2) is 5.82 Å². The molecule has 0 aliphatic heterocycles. The first-order valence-corrected chi connectivity index (χ1v) is 16.5. The van der Waals surface area contributed by atoms with Gasteiger partial charge in [0.25, 0.3) is 0 Å². The number of nitrogens with zero attached hydrogens (tertiary/aromatic N) is 3. The summed E-state index contributed by atoms with van der Waals surface area (Å²) in [5, 5.41) is 2.33. The smallest absolute Gasteiger partial charge is 0.160 e. The van der Waals surface area contributed by atoms with E-state index in [2.05, 4.69) is 152 Å². The van der Waals surface area contributed by atoms with E-state index in [1.54, 1.807) is 11.3 Å². The Hall–Kier alpha value is -5.97. The maximum atomic E-state index is 5.21. The van der Waals surface area contributed by atoms with Gasteiger partial charge in [-0.3, -0.25) is 0 Å². The zero-order valence-electron chi connectivity index (χ0n) is 25.3. The summed E-state index contributed by atoms with van der Waals surface area (Å²) in [5.41, 5.74) is 11.6. The molecule has 0 spiro atoms. The van der Waals surface area contributed by atoms with Gasteiger partial charge in [0.2, 0.25) is 0 Å². The highest BCUT2D eigenvalue weighted by atomic mass is 32.1. The fourth-order valence-electron chi connectivity index (χ4n) is 6.41. The molecule has 3 nitrogen and oxygen atoms in total. The quantitative estimate of drug-likeness (QED) is 0.193. The van der Waals surface area contributed by atoms with Crippen LogP contribution >= 0.6 is 11.3 Å². The maximum absolute atomic E-state index is 5.21. The molecule has 3 heterocycles. The van der Waals surface area contributed by atoms with Gasteiger partial charge in [-0.25, -0.2) is 15.0 Å². The summed E-state index contributed by atoms with van der Waals surface area (Å²) in [5.74, 6) is 0.694. The molecular weight excluding hydrogens is 591 g/mol. The second kappa shape index (κ2) is 11.4. The van der Waals surface area contributed by atoms with Crippen LogP contribution in [0.1, 0.15) is 0 Å². The number of benzene rings is 6. The van der Waals surface area contributed by atoms with Crippen molar-refractivity contribution in [1.29, 1.82) is 0 Å². The molecular formula is C43H27N3S. The first-order chi connectivity index (χ1) is 23.3. The Bertz CT molecular complexity index is 2570. The van der Waals surface area contributed by atoms with Crippen molar-refractivity contribution in [1.82, 2.24) is 15.0 Å². The number of aromatic nitrogens is 3. The molecule has 0 amide bonds. The Morgan fingerprint density at radius 2 is 0.957 bits per heavy atom. The lowest BCUT2D eigenvalue weighted by Gasteiger charge is -2.12. The van der Waals surface area contributed by atoms with E-state index in [1.165, 1.54) is 25.9 Å². The van der Waals surface area contributed by atoms with Crippen LogP contribution in [-0.4, -0.2) is 15.0 Å². The van der Waals surface area contributed by atoms with Crippen LogP contribution in [0.25, 0.3) is 87.4 Å². The van der Waals surface area contributed by atoms with Crippen molar-refractivity contribution in [3.8, 4) is 56.2 Å². The highest BCUT2D eigenvalue weighted by Gasteiger charge is 2.18. The molecule has 0 fully saturated rings. The minimum absolute atomic E-state index is 0.694. The maximum Gasteiger partial charge on any atom is 0.160 e. The molecule has 0 aliphatic rings. The fraction of sp³-hybridized carbons (Fsp3) is 0. The van der Waals surface area contributed by atoms with Crippen LogP contribution in [0.4, 0.5) is 0 Å². The molecule has 0 saturated heterocycles. The Balaban J connectivity index is 1.24.